The SMILES string of the molecule is CN(C)CC(C)(C)[C@H]1Cc2ccccc2C(=O)O1. The molecule has 0 N–H and O–H groups in total. The van der Waals surface area contributed by atoms with Crippen LogP contribution in [0.2, 0.25) is 0 Å². The number of rotatable bonds is 3. The predicted molar refractivity (Wildman–Crippen MR) is 71.7 cm³/mol. The van der Waals surface area contributed by atoms with E-state index in [0.717, 1.165) is 24.1 Å². The fraction of sp³-hybridized carbons (Fsp3) is 0.533. The Bertz CT molecular complexity index is 452. The highest BCUT2D eigenvalue weighted by molar-refractivity contribution is 5.92. The molecule has 0 bridgehead atoms. The zero-order chi connectivity index (χ0) is 13.3. The molecular formula is C15H21NO2. The lowest BCUT2D eigenvalue weighted by Gasteiger charge is -2.38. The molecular weight excluding hydrogens is 226 g/mol. The Morgan fingerprint density at radius 2 is 2.00 bits per heavy atom. The summed E-state index contributed by atoms with van der Waals surface area (Å²) in [6, 6.07) is 7.72. The quantitative estimate of drug-likeness (QED) is 0.768. The van der Waals surface area contributed by atoms with Crippen LogP contribution in [0.25, 0.3) is 0 Å². The highest BCUT2D eigenvalue weighted by atomic mass is 16.5. The van der Waals surface area contributed by atoms with Crippen molar-refractivity contribution in [3.63, 3.8) is 0 Å². The molecule has 1 aliphatic rings. The Morgan fingerprint density at radius 1 is 1.33 bits per heavy atom. The molecule has 1 aromatic carbocycles. The third-order valence-electron chi connectivity index (χ3n) is 3.49. The standard InChI is InChI=1S/C15H21NO2/c1-15(2,10-16(3)4)13-9-11-7-5-6-8-12(11)14(17)18-13/h5-8,13H,9-10H2,1-4H3/t13-/m1/s1. The van der Waals surface area contributed by atoms with Gasteiger partial charge in [0, 0.05) is 18.4 Å². The lowest BCUT2D eigenvalue weighted by Crippen LogP contribution is -2.44. The van der Waals surface area contributed by atoms with E-state index in [1.165, 1.54) is 0 Å². The number of hydrogen-bond acceptors (Lipinski definition) is 3. The first kappa shape index (κ1) is 13.1. The number of nitrogens with zero attached hydrogens (tertiary/aromatic N) is 1. The van der Waals surface area contributed by atoms with Gasteiger partial charge in [-0.15, -0.1) is 0 Å². The third kappa shape index (κ3) is 2.56. The van der Waals surface area contributed by atoms with Crippen molar-refractivity contribution in [2.24, 2.45) is 5.41 Å². The predicted octanol–water partition coefficient (Wildman–Crippen LogP) is 2.36. The first-order chi connectivity index (χ1) is 8.40. The van der Waals surface area contributed by atoms with Gasteiger partial charge < -0.3 is 9.64 Å². The molecule has 0 aliphatic carbocycles. The van der Waals surface area contributed by atoms with Gasteiger partial charge in [0.05, 0.1) is 5.56 Å². The van der Waals surface area contributed by atoms with E-state index in [2.05, 4.69) is 18.7 Å². The van der Waals surface area contributed by atoms with E-state index in [4.69, 9.17) is 4.74 Å². The minimum atomic E-state index is -0.186. The molecule has 0 radical (unpaired) electrons. The molecule has 1 atom stereocenters. The van der Waals surface area contributed by atoms with Crippen LogP contribution in [-0.4, -0.2) is 37.6 Å². The maximum Gasteiger partial charge on any atom is 0.338 e. The van der Waals surface area contributed by atoms with Crippen molar-refractivity contribution in [3.8, 4) is 0 Å². The van der Waals surface area contributed by atoms with Crippen LogP contribution in [0.15, 0.2) is 24.3 Å². The molecule has 0 amide bonds. The van der Waals surface area contributed by atoms with E-state index < -0.39 is 0 Å². The molecule has 1 heterocycles. The van der Waals surface area contributed by atoms with E-state index in [0.29, 0.717) is 0 Å². The Morgan fingerprint density at radius 3 is 2.67 bits per heavy atom. The minimum absolute atomic E-state index is 0.0489. The fourth-order valence-electron chi connectivity index (χ4n) is 2.68. The van der Waals surface area contributed by atoms with E-state index in [9.17, 15) is 4.79 Å². The molecule has 0 saturated heterocycles. The van der Waals surface area contributed by atoms with Crippen molar-refractivity contribution in [3.05, 3.63) is 35.4 Å². The van der Waals surface area contributed by atoms with Gasteiger partial charge in [0.25, 0.3) is 0 Å². The number of ether oxygens (including phenoxy) is 1. The van der Waals surface area contributed by atoms with Crippen molar-refractivity contribution in [2.45, 2.75) is 26.4 Å². The number of benzene rings is 1. The molecule has 0 spiro atoms. The van der Waals surface area contributed by atoms with Crippen LogP contribution >= 0.6 is 0 Å². The van der Waals surface area contributed by atoms with E-state index in [1.807, 2.05) is 38.4 Å². The van der Waals surface area contributed by atoms with Gasteiger partial charge in [-0.2, -0.15) is 0 Å². The summed E-state index contributed by atoms with van der Waals surface area (Å²) in [6.45, 7) is 5.20. The second-order valence-corrected chi connectivity index (χ2v) is 5.98. The van der Waals surface area contributed by atoms with Gasteiger partial charge in [-0.05, 0) is 25.7 Å². The fourth-order valence-corrected chi connectivity index (χ4v) is 2.68. The van der Waals surface area contributed by atoms with Crippen molar-refractivity contribution in [1.82, 2.24) is 4.90 Å². The first-order valence-electron chi connectivity index (χ1n) is 6.34. The molecule has 3 nitrogen and oxygen atoms in total. The molecule has 2 rings (SSSR count). The Hall–Kier alpha value is -1.35. The van der Waals surface area contributed by atoms with Crippen LogP contribution in [0, 0.1) is 5.41 Å². The largest absolute Gasteiger partial charge is 0.458 e. The van der Waals surface area contributed by atoms with E-state index >= 15 is 0 Å². The zero-order valence-electron chi connectivity index (χ0n) is 11.6. The number of carbonyl (C=O) groups is 1. The van der Waals surface area contributed by atoms with Crippen LogP contribution in [0.4, 0.5) is 0 Å². The second kappa shape index (κ2) is 4.73. The molecule has 1 aliphatic heterocycles. The van der Waals surface area contributed by atoms with Gasteiger partial charge in [-0.1, -0.05) is 32.0 Å². The smallest absolute Gasteiger partial charge is 0.338 e. The molecule has 1 aromatic rings. The topological polar surface area (TPSA) is 29.5 Å². The van der Waals surface area contributed by atoms with Crippen LogP contribution < -0.4 is 0 Å². The van der Waals surface area contributed by atoms with Gasteiger partial charge in [-0.25, -0.2) is 4.79 Å². The molecule has 0 unspecified atom stereocenters. The van der Waals surface area contributed by atoms with Crippen molar-refractivity contribution >= 4 is 5.97 Å². The Labute approximate surface area is 109 Å². The molecule has 3 heteroatoms. The summed E-state index contributed by atoms with van der Waals surface area (Å²) in [7, 11) is 4.08. The lowest BCUT2D eigenvalue weighted by atomic mass is 9.80. The number of fused-ring (bicyclic) bond motifs is 1. The average Bonchev–Trinajstić information content (AvgIpc) is 2.27. The Kier molecular flexibility index (Phi) is 3.44. The number of esters is 1. The zero-order valence-corrected chi connectivity index (χ0v) is 11.6. The van der Waals surface area contributed by atoms with E-state index in [1.54, 1.807) is 0 Å². The van der Waals surface area contributed by atoms with Gasteiger partial charge in [0.15, 0.2) is 0 Å². The molecule has 0 aromatic heterocycles. The molecule has 0 saturated carbocycles. The molecule has 0 fully saturated rings. The summed E-state index contributed by atoms with van der Waals surface area (Å²) in [5, 5.41) is 0. The number of cyclic esters (lactones) is 1. The van der Waals surface area contributed by atoms with Crippen molar-refractivity contribution < 1.29 is 9.53 Å². The van der Waals surface area contributed by atoms with Gasteiger partial charge in [0.2, 0.25) is 0 Å². The maximum atomic E-state index is 12.0. The van der Waals surface area contributed by atoms with Gasteiger partial charge >= 0.3 is 5.97 Å². The Balaban J connectivity index is 2.23. The monoisotopic (exact) mass is 247 g/mol. The van der Waals surface area contributed by atoms with Gasteiger partial charge in [-0.3, -0.25) is 0 Å². The summed E-state index contributed by atoms with van der Waals surface area (Å²) in [5.41, 5.74) is 1.77. The molecule has 18 heavy (non-hydrogen) atoms. The number of carbonyl (C=O) groups excluding carboxylic acids is 1. The summed E-state index contributed by atoms with van der Waals surface area (Å²) in [5.74, 6) is -0.186. The van der Waals surface area contributed by atoms with Crippen molar-refractivity contribution in [1.29, 1.82) is 0 Å². The highest BCUT2D eigenvalue weighted by Gasteiger charge is 2.37. The first-order valence-corrected chi connectivity index (χ1v) is 6.34. The summed E-state index contributed by atoms with van der Waals surface area (Å²) in [4.78, 5) is 14.1. The normalized spacial score (nSPS) is 19.6. The van der Waals surface area contributed by atoms with Crippen LogP contribution in [0.5, 0.6) is 0 Å². The molecule has 98 valence electrons. The summed E-state index contributed by atoms with van der Waals surface area (Å²) < 4.78 is 5.61. The second-order valence-electron chi connectivity index (χ2n) is 5.98. The number of hydrogen-bond donors (Lipinski definition) is 0. The van der Waals surface area contributed by atoms with Crippen molar-refractivity contribution in [2.75, 3.05) is 20.6 Å². The average molecular weight is 247 g/mol. The summed E-state index contributed by atoms with van der Waals surface area (Å²) >= 11 is 0. The third-order valence-corrected chi connectivity index (χ3v) is 3.49. The maximum absolute atomic E-state index is 12.0. The minimum Gasteiger partial charge on any atom is -0.458 e. The highest BCUT2D eigenvalue weighted by Crippen LogP contribution is 2.32. The van der Waals surface area contributed by atoms with Crippen LogP contribution in [0.1, 0.15) is 29.8 Å². The summed E-state index contributed by atoms with van der Waals surface area (Å²) in [6.07, 6.45) is 0.755. The lowest BCUT2D eigenvalue weighted by molar-refractivity contribution is -0.0199. The van der Waals surface area contributed by atoms with Crippen LogP contribution in [-0.2, 0) is 11.2 Å². The van der Waals surface area contributed by atoms with Gasteiger partial charge in [0.1, 0.15) is 6.10 Å². The van der Waals surface area contributed by atoms with E-state index in [-0.39, 0.29) is 17.5 Å². The van der Waals surface area contributed by atoms with Crippen LogP contribution in [0.3, 0.4) is 0 Å².